The molecule has 2 aromatic heterocycles. The molecule has 0 bridgehead atoms. The Hall–Kier alpha value is -2.76. The highest BCUT2D eigenvalue weighted by molar-refractivity contribution is 7.86. The van der Waals surface area contributed by atoms with Crippen molar-refractivity contribution in [3.8, 4) is 16.9 Å². The lowest BCUT2D eigenvalue weighted by Gasteiger charge is -2.29. The lowest BCUT2D eigenvalue weighted by Crippen LogP contribution is -2.25. The number of hydrogen-bond donors (Lipinski definition) is 1. The fourth-order valence-corrected chi connectivity index (χ4v) is 5.71. The number of halogens is 1. The summed E-state index contributed by atoms with van der Waals surface area (Å²) in [4.78, 5) is 8.60. The average molecular weight is 505 g/mol. The van der Waals surface area contributed by atoms with Crippen LogP contribution in [0.5, 0.6) is 5.75 Å². The first-order chi connectivity index (χ1) is 16.8. The summed E-state index contributed by atoms with van der Waals surface area (Å²) in [5, 5.41) is 0.581. The van der Waals surface area contributed by atoms with Crippen molar-refractivity contribution in [2.45, 2.75) is 56.8 Å². The Kier molecular flexibility index (Phi) is 6.65. The summed E-state index contributed by atoms with van der Waals surface area (Å²) in [6.45, 7) is 1.15. The highest BCUT2D eigenvalue weighted by Gasteiger charge is 2.28. The summed E-state index contributed by atoms with van der Waals surface area (Å²) >= 11 is 0. The van der Waals surface area contributed by atoms with Crippen LogP contribution in [-0.2, 0) is 19.0 Å². The van der Waals surface area contributed by atoms with E-state index in [1.165, 1.54) is 12.4 Å². The van der Waals surface area contributed by atoms with Crippen molar-refractivity contribution in [2.75, 3.05) is 25.2 Å². The van der Waals surface area contributed by atoms with Gasteiger partial charge in [0, 0.05) is 30.0 Å². The van der Waals surface area contributed by atoms with E-state index in [0.717, 1.165) is 25.7 Å². The van der Waals surface area contributed by atoms with Gasteiger partial charge in [0.25, 0.3) is 10.1 Å². The SMILES string of the molecule is CS(=O)(=O)OC1CCC(n2cc(-c3cc(OCC4CCCO4)ccc3F)c3c(N)ncnc32)CC1. The minimum atomic E-state index is -3.50. The van der Waals surface area contributed by atoms with Crippen LogP contribution >= 0.6 is 0 Å². The number of nitrogen functional groups attached to an aromatic ring is 1. The van der Waals surface area contributed by atoms with Crippen molar-refractivity contribution >= 4 is 27.0 Å². The number of nitrogens with two attached hydrogens (primary N) is 1. The number of fused-ring (bicyclic) bond motifs is 1. The third-order valence-corrected chi connectivity index (χ3v) is 7.30. The first kappa shape index (κ1) is 24.0. The molecule has 2 aliphatic rings. The molecule has 35 heavy (non-hydrogen) atoms. The molecular weight excluding hydrogens is 475 g/mol. The van der Waals surface area contributed by atoms with Crippen molar-refractivity contribution in [1.29, 1.82) is 0 Å². The summed E-state index contributed by atoms with van der Waals surface area (Å²) in [7, 11) is -3.50. The number of rotatable bonds is 7. The molecule has 1 aliphatic carbocycles. The molecule has 1 aromatic carbocycles. The van der Waals surface area contributed by atoms with Crippen molar-refractivity contribution in [3.05, 3.63) is 36.5 Å². The number of hydrogen-bond acceptors (Lipinski definition) is 8. The van der Waals surface area contributed by atoms with Gasteiger partial charge in [0.1, 0.15) is 36.0 Å². The summed E-state index contributed by atoms with van der Waals surface area (Å²) in [5.74, 6) is 0.414. The predicted molar refractivity (Wildman–Crippen MR) is 129 cm³/mol. The van der Waals surface area contributed by atoms with Gasteiger partial charge in [-0.1, -0.05) is 0 Å². The van der Waals surface area contributed by atoms with Crippen LogP contribution in [0.15, 0.2) is 30.7 Å². The maximum atomic E-state index is 15.1. The van der Waals surface area contributed by atoms with Gasteiger partial charge in [-0.3, -0.25) is 4.18 Å². The monoisotopic (exact) mass is 504 g/mol. The highest BCUT2D eigenvalue weighted by Crippen LogP contribution is 2.40. The number of nitrogens with zero attached hydrogens (tertiary/aromatic N) is 3. The second-order valence-corrected chi connectivity index (χ2v) is 10.8. The van der Waals surface area contributed by atoms with Crippen molar-refractivity contribution in [2.24, 2.45) is 0 Å². The zero-order chi connectivity index (χ0) is 24.6. The molecule has 0 radical (unpaired) electrons. The predicted octanol–water partition coefficient (Wildman–Crippen LogP) is 3.84. The standard InChI is InChI=1S/C24H29FN4O5S/c1-35(30,31)34-16-6-4-15(5-7-16)29-12-20(22-23(26)27-14-28-24(22)29)19-11-17(8-9-21(19)25)33-13-18-3-2-10-32-18/h8-9,11-12,14-16,18H,2-7,10,13H2,1H3,(H2,26,27,28). The molecule has 9 nitrogen and oxygen atoms in total. The largest absolute Gasteiger partial charge is 0.491 e. The Bertz CT molecular complexity index is 1310. The average Bonchev–Trinajstić information content (AvgIpc) is 3.47. The van der Waals surface area contributed by atoms with Gasteiger partial charge in [0.2, 0.25) is 0 Å². The van der Waals surface area contributed by atoms with Gasteiger partial charge >= 0.3 is 0 Å². The van der Waals surface area contributed by atoms with E-state index in [1.54, 1.807) is 12.1 Å². The van der Waals surface area contributed by atoms with Crippen LogP contribution < -0.4 is 10.5 Å². The summed E-state index contributed by atoms with van der Waals surface area (Å²) in [6.07, 6.45) is 8.58. The lowest BCUT2D eigenvalue weighted by molar-refractivity contribution is 0.0679. The molecule has 11 heteroatoms. The molecule has 1 saturated heterocycles. The van der Waals surface area contributed by atoms with Gasteiger partial charge in [0.05, 0.1) is 23.8 Å². The molecule has 3 aromatic rings. The first-order valence-electron chi connectivity index (χ1n) is 11.8. The minimum absolute atomic E-state index is 0.0435. The van der Waals surface area contributed by atoms with Gasteiger partial charge in [0.15, 0.2) is 0 Å². The van der Waals surface area contributed by atoms with E-state index in [9.17, 15) is 8.42 Å². The lowest BCUT2D eigenvalue weighted by atomic mass is 9.93. The molecule has 2 N–H and O–H groups in total. The van der Waals surface area contributed by atoms with Crippen LogP contribution in [0.2, 0.25) is 0 Å². The third kappa shape index (κ3) is 5.26. The van der Waals surface area contributed by atoms with Gasteiger partial charge in [-0.2, -0.15) is 8.42 Å². The van der Waals surface area contributed by atoms with E-state index in [0.29, 0.717) is 60.2 Å². The second-order valence-electron chi connectivity index (χ2n) is 9.23. The van der Waals surface area contributed by atoms with E-state index in [1.807, 2.05) is 10.8 Å². The molecule has 3 heterocycles. The zero-order valence-electron chi connectivity index (χ0n) is 19.5. The van der Waals surface area contributed by atoms with Gasteiger partial charge < -0.3 is 19.8 Å². The molecule has 5 rings (SSSR count). The Balaban J connectivity index is 1.45. The minimum Gasteiger partial charge on any atom is -0.491 e. The van der Waals surface area contributed by atoms with Crippen LogP contribution in [0.1, 0.15) is 44.6 Å². The van der Waals surface area contributed by atoms with Crippen LogP contribution in [0.3, 0.4) is 0 Å². The number of aromatic nitrogens is 3. The Morgan fingerprint density at radius 3 is 2.69 bits per heavy atom. The van der Waals surface area contributed by atoms with Crippen molar-refractivity contribution in [1.82, 2.24) is 14.5 Å². The molecule has 0 amide bonds. The molecular formula is C24H29FN4O5S. The van der Waals surface area contributed by atoms with Crippen molar-refractivity contribution < 1.29 is 26.5 Å². The van der Waals surface area contributed by atoms with Gasteiger partial charge in [-0.05, 0) is 56.7 Å². The third-order valence-electron chi connectivity index (χ3n) is 6.67. The highest BCUT2D eigenvalue weighted by atomic mass is 32.2. The fraction of sp³-hybridized carbons (Fsp3) is 0.500. The summed E-state index contributed by atoms with van der Waals surface area (Å²) in [5.41, 5.74) is 7.80. The van der Waals surface area contributed by atoms with Gasteiger partial charge in [-0.15, -0.1) is 0 Å². The van der Waals surface area contributed by atoms with Gasteiger partial charge in [-0.25, -0.2) is 14.4 Å². The normalized spacial score (nSPS) is 23.1. The van der Waals surface area contributed by atoms with E-state index in [-0.39, 0.29) is 24.1 Å². The van der Waals surface area contributed by atoms with E-state index < -0.39 is 15.9 Å². The van der Waals surface area contributed by atoms with E-state index >= 15 is 4.39 Å². The topological polar surface area (TPSA) is 119 Å². The zero-order valence-corrected chi connectivity index (χ0v) is 20.3. The molecule has 1 atom stereocenters. The fourth-order valence-electron chi connectivity index (χ4n) is 5.02. The smallest absolute Gasteiger partial charge is 0.264 e. The molecule has 1 aliphatic heterocycles. The maximum Gasteiger partial charge on any atom is 0.264 e. The van der Waals surface area contributed by atoms with Crippen LogP contribution in [0.25, 0.3) is 22.2 Å². The van der Waals surface area contributed by atoms with E-state index in [2.05, 4.69) is 9.97 Å². The Morgan fingerprint density at radius 2 is 1.97 bits per heavy atom. The quantitative estimate of drug-likeness (QED) is 0.482. The summed E-state index contributed by atoms with van der Waals surface area (Å²) in [6, 6.07) is 4.71. The number of anilines is 1. The molecule has 1 saturated carbocycles. The molecule has 2 fully saturated rings. The Labute approximate surface area is 203 Å². The molecule has 188 valence electrons. The summed E-state index contributed by atoms with van der Waals surface area (Å²) < 4.78 is 56.7. The van der Waals surface area contributed by atoms with Crippen molar-refractivity contribution in [3.63, 3.8) is 0 Å². The number of benzene rings is 1. The maximum absolute atomic E-state index is 15.1. The number of ether oxygens (including phenoxy) is 2. The van der Waals surface area contributed by atoms with Crippen LogP contribution in [-0.4, -0.2) is 54.6 Å². The van der Waals surface area contributed by atoms with Crippen LogP contribution in [0, 0.1) is 5.82 Å². The van der Waals surface area contributed by atoms with E-state index in [4.69, 9.17) is 19.4 Å². The van der Waals surface area contributed by atoms with Crippen LogP contribution in [0.4, 0.5) is 10.2 Å². The molecule has 0 spiro atoms. The Morgan fingerprint density at radius 1 is 1.17 bits per heavy atom. The first-order valence-corrected chi connectivity index (χ1v) is 13.6. The second kappa shape index (κ2) is 9.71. The molecule has 1 unspecified atom stereocenters.